The molecule has 0 amide bonds. The molecular formula is C11H15ClN2O2S. The summed E-state index contributed by atoms with van der Waals surface area (Å²) in [6.45, 7) is 0.366. The van der Waals surface area contributed by atoms with Crippen LogP contribution in [0, 0.1) is 5.41 Å². The summed E-state index contributed by atoms with van der Waals surface area (Å²) in [7, 11) is -2.94. The third kappa shape index (κ3) is 2.78. The number of hydrogen-bond acceptors (Lipinski definition) is 4. The van der Waals surface area contributed by atoms with Crippen molar-refractivity contribution in [2.24, 2.45) is 11.1 Å². The monoisotopic (exact) mass is 274 g/mol. The summed E-state index contributed by atoms with van der Waals surface area (Å²) in [5, 5.41) is 0.574. The average molecular weight is 275 g/mol. The van der Waals surface area contributed by atoms with E-state index in [-0.39, 0.29) is 16.9 Å². The van der Waals surface area contributed by atoms with Gasteiger partial charge in [-0.2, -0.15) is 0 Å². The summed E-state index contributed by atoms with van der Waals surface area (Å²) >= 11 is 6.04. The van der Waals surface area contributed by atoms with Crippen LogP contribution >= 0.6 is 11.6 Å². The zero-order chi connectivity index (χ0) is 12.5. The number of pyridine rings is 1. The zero-order valence-electron chi connectivity index (χ0n) is 9.39. The zero-order valence-corrected chi connectivity index (χ0v) is 11.0. The number of sulfone groups is 1. The van der Waals surface area contributed by atoms with Crippen LogP contribution in [-0.2, 0) is 16.3 Å². The maximum absolute atomic E-state index is 11.6. The molecule has 2 heterocycles. The second-order valence-electron chi connectivity index (χ2n) is 4.69. The van der Waals surface area contributed by atoms with Gasteiger partial charge in [-0.25, -0.2) is 8.42 Å². The molecule has 0 aliphatic carbocycles. The molecule has 94 valence electrons. The first-order valence-electron chi connectivity index (χ1n) is 5.45. The van der Waals surface area contributed by atoms with Crippen molar-refractivity contribution in [1.29, 1.82) is 0 Å². The van der Waals surface area contributed by atoms with Crippen molar-refractivity contribution in [1.82, 2.24) is 4.98 Å². The Morgan fingerprint density at radius 3 is 2.82 bits per heavy atom. The van der Waals surface area contributed by atoms with Gasteiger partial charge in [-0.05, 0) is 31.0 Å². The second kappa shape index (κ2) is 4.55. The van der Waals surface area contributed by atoms with Crippen LogP contribution in [0.25, 0.3) is 0 Å². The Kier molecular flexibility index (Phi) is 3.43. The van der Waals surface area contributed by atoms with Gasteiger partial charge in [0.1, 0.15) is 0 Å². The lowest BCUT2D eigenvalue weighted by Gasteiger charge is -2.26. The van der Waals surface area contributed by atoms with E-state index in [9.17, 15) is 8.42 Å². The summed E-state index contributed by atoms with van der Waals surface area (Å²) in [5.74, 6) is 0.391. The van der Waals surface area contributed by atoms with Gasteiger partial charge in [-0.3, -0.25) is 4.98 Å². The molecule has 1 aromatic heterocycles. The number of nitrogens with two attached hydrogens (primary N) is 1. The van der Waals surface area contributed by atoms with Crippen molar-refractivity contribution in [3.63, 3.8) is 0 Å². The molecule has 0 radical (unpaired) electrons. The Labute approximate surface area is 106 Å². The molecule has 1 fully saturated rings. The van der Waals surface area contributed by atoms with Gasteiger partial charge in [0.25, 0.3) is 0 Å². The lowest BCUT2D eigenvalue weighted by molar-refractivity contribution is 0.344. The molecule has 0 bridgehead atoms. The van der Waals surface area contributed by atoms with Crippen LogP contribution in [0.15, 0.2) is 18.5 Å². The van der Waals surface area contributed by atoms with E-state index >= 15 is 0 Å². The first kappa shape index (κ1) is 12.8. The Balaban J connectivity index is 2.25. The van der Waals surface area contributed by atoms with Crippen LogP contribution in [0.2, 0.25) is 5.02 Å². The molecule has 4 nitrogen and oxygen atoms in total. The van der Waals surface area contributed by atoms with Gasteiger partial charge >= 0.3 is 0 Å². The van der Waals surface area contributed by atoms with E-state index in [4.69, 9.17) is 17.3 Å². The molecule has 17 heavy (non-hydrogen) atoms. The molecular weight excluding hydrogens is 260 g/mol. The van der Waals surface area contributed by atoms with Crippen molar-refractivity contribution >= 4 is 21.4 Å². The Bertz CT molecular complexity index is 518. The molecule has 0 saturated carbocycles. The number of rotatable bonds is 3. The summed E-state index contributed by atoms with van der Waals surface area (Å²) in [5.41, 5.74) is 6.33. The van der Waals surface area contributed by atoms with Gasteiger partial charge in [0, 0.05) is 17.8 Å². The number of halogens is 1. The van der Waals surface area contributed by atoms with Gasteiger partial charge in [0.2, 0.25) is 0 Å². The van der Waals surface area contributed by atoms with E-state index in [2.05, 4.69) is 4.98 Å². The number of aromatic nitrogens is 1. The van der Waals surface area contributed by atoms with E-state index in [1.165, 1.54) is 0 Å². The minimum atomic E-state index is -2.94. The fraction of sp³-hybridized carbons (Fsp3) is 0.545. The average Bonchev–Trinajstić information content (AvgIpc) is 2.59. The van der Waals surface area contributed by atoms with Gasteiger partial charge in [-0.1, -0.05) is 11.6 Å². The van der Waals surface area contributed by atoms with E-state index < -0.39 is 9.84 Å². The standard InChI is InChI=1S/C11H15ClN2O2S/c12-10-6-14-3-1-9(10)5-11(7-13)2-4-17(15,16)8-11/h1,3,6H,2,4-5,7-8,13H2. The second-order valence-corrected chi connectivity index (χ2v) is 7.28. The summed E-state index contributed by atoms with van der Waals surface area (Å²) in [6.07, 6.45) is 4.45. The van der Waals surface area contributed by atoms with Gasteiger partial charge in [0.05, 0.1) is 16.5 Å². The largest absolute Gasteiger partial charge is 0.330 e. The fourth-order valence-electron chi connectivity index (χ4n) is 2.31. The van der Waals surface area contributed by atoms with Crippen molar-refractivity contribution in [2.75, 3.05) is 18.1 Å². The SMILES string of the molecule is NCC1(Cc2ccncc2Cl)CCS(=O)(=O)C1. The summed E-state index contributed by atoms with van der Waals surface area (Å²) in [6, 6.07) is 1.82. The fourth-order valence-corrected chi connectivity index (χ4v) is 4.68. The highest BCUT2D eigenvalue weighted by atomic mass is 35.5. The molecule has 1 unspecified atom stereocenters. The molecule has 2 N–H and O–H groups in total. The molecule has 1 atom stereocenters. The predicted molar refractivity (Wildman–Crippen MR) is 67.7 cm³/mol. The molecule has 1 aromatic rings. The van der Waals surface area contributed by atoms with Gasteiger partial charge < -0.3 is 5.73 Å². The Morgan fingerprint density at radius 1 is 1.53 bits per heavy atom. The van der Waals surface area contributed by atoms with Gasteiger partial charge in [-0.15, -0.1) is 0 Å². The molecule has 6 heteroatoms. The van der Waals surface area contributed by atoms with Crippen molar-refractivity contribution in [3.05, 3.63) is 29.0 Å². The van der Waals surface area contributed by atoms with Crippen molar-refractivity contribution in [3.8, 4) is 0 Å². The molecule has 0 spiro atoms. The number of hydrogen-bond donors (Lipinski definition) is 1. The molecule has 1 aliphatic heterocycles. The van der Waals surface area contributed by atoms with Crippen LogP contribution in [0.3, 0.4) is 0 Å². The third-order valence-corrected chi connectivity index (χ3v) is 5.54. The van der Waals surface area contributed by atoms with Crippen LogP contribution < -0.4 is 5.73 Å². The van der Waals surface area contributed by atoms with Gasteiger partial charge in [0.15, 0.2) is 9.84 Å². The summed E-state index contributed by atoms with van der Waals surface area (Å²) in [4.78, 5) is 3.92. The highest BCUT2D eigenvalue weighted by molar-refractivity contribution is 7.91. The van der Waals surface area contributed by atoms with Crippen molar-refractivity contribution in [2.45, 2.75) is 12.8 Å². The topological polar surface area (TPSA) is 73.0 Å². The smallest absolute Gasteiger partial charge is 0.150 e. The van der Waals surface area contributed by atoms with Crippen LogP contribution in [-0.4, -0.2) is 31.5 Å². The number of nitrogens with zero attached hydrogens (tertiary/aromatic N) is 1. The van der Waals surface area contributed by atoms with E-state index in [1.54, 1.807) is 12.4 Å². The van der Waals surface area contributed by atoms with Crippen molar-refractivity contribution < 1.29 is 8.42 Å². The van der Waals surface area contributed by atoms with E-state index in [0.717, 1.165) is 5.56 Å². The van der Waals surface area contributed by atoms with E-state index in [1.807, 2.05) is 6.07 Å². The molecule has 1 saturated heterocycles. The van der Waals surface area contributed by atoms with E-state index in [0.29, 0.717) is 24.4 Å². The van der Waals surface area contributed by atoms with Crippen LogP contribution in [0.1, 0.15) is 12.0 Å². The lowest BCUT2D eigenvalue weighted by Crippen LogP contribution is -2.34. The van der Waals surface area contributed by atoms with Crippen LogP contribution in [0.4, 0.5) is 0 Å². The highest BCUT2D eigenvalue weighted by Gasteiger charge is 2.41. The lowest BCUT2D eigenvalue weighted by atomic mass is 9.81. The maximum Gasteiger partial charge on any atom is 0.150 e. The molecule has 0 aromatic carbocycles. The molecule has 1 aliphatic rings. The Morgan fingerprint density at radius 2 is 2.29 bits per heavy atom. The maximum atomic E-state index is 11.6. The predicted octanol–water partition coefficient (Wildman–Crippen LogP) is 1.04. The first-order chi connectivity index (χ1) is 7.96. The minimum Gasteiger partial charge on any atom is -0.330 e. The third-order valence-electron chi connectivity index (χ3n) is 3.32. The first-order valence-corrected chi connectivity index (χ1v) is 7.65. The minimum absolute atomic E-state index is 0.162. The molecule has 2 rings (SSSR count). The Hall–Kier alpha value is -0.650. The quantitative estimate of drug-likeness (QED) is 0.894. The normalized spacial score (nSPS) is 27.2. The summed E-state index contributed by atoms with van der Waals surface area (Å²) < 4.78 is 23.2. The highest BCUT2D eigenvalue weighted by Crippen LogP contribution is 2.36. The van der Waals surface area contributed by atoms with Crippen LogP contribution in [0.5, 0.6) is 0 Å².